The van der Waals surface area contributed by atoms with Crippen LogP contribution < -0.4 is 5.73 Å². The molecule has 0 aliphatic rings. The fraction of sp³-hybridized carbons (Fsp3) is 0.308. The first-order valence-corrected chi connectivity index (χ1v) is 6.42. The second kappa shape index (κ2) is 4.74. The Balaban J connectivity index is 2.26. The standard InChI is InChI=1S/C13H14F2N2S/c1-13(2,16)6-12-17-11(7-18-12)8-3-4-9(14)10(15)5-8/h3-5,7H,6,16H2,1-2H3. The van der Waals surface area contributed by atoms with Gasteiger partial charge in [0.25, 0.3) is 0 Å². The summed E-state index contributed by atoms with van der Waals surface area (Å²) in [5, 5.41) is 2.72. The zero-order chi connectivity index (χ0) is 13.3. The number of hydrogen-bond acceptors (Lipinski definition) is 3. The van der Waals surface area contributed by atoms with E-state index in [9.17, 15) is 8.78 Å². The van der Waals surface area contributed by atoms with Gasteiger partial charge in [-0.3, -0.25) is 0 Å². The zero-order valence-corrected chi connectivity index (χ0v) is 11.0. The lowest BCUT2D eigenvalue weighted by molar-refractivity contribution is 0.509. The molecule has 0 unspecified atom stereocenters. The third kappa shape index (κ3) is 3.11. The van der Waals surface area contributed by atoms with Crippen LogP contribution in [0.1, 0.15) is 18.9 Å². The lowest BCUT2D eigenvalue weighted by atomic mass is 10.0. The Morgan fingerprint density at radius 2 is 2.00 bits per heavy atom. The molecule has 0 fully saturated rings. The van der Waals surface area contributed by atoms with Crippen molar-refractivity contribution in [3.63, 3.8) is 0 Å². The smallest absolute Gasteiger partial charge is 0.159 e. The van der Waals surface area contributed by atoms with Crippen molar-refractivity contribution in [2.24, 2.45) is 5.73 Å². The van der Waals surface area contributed by atoms with Gasteiger partial charge in [-0.05, 0) is 32.0 Å². The predicted molar refractivity (Wildman–Crippen MR) is 69.4 cm³/mol. The van der Waals surface area contributed by atoms with E-state index < -0.39 is 11.6 Å². The lowest BCUT2D eigenvalue weighted by Crippen LogP contribution is -2.34. The molecule has 0 saturated heterocycles. The van der Waals surface area contributed by atoms with Crippen LogP contribution in [0.25, 0.3) is 11.3 Å². The van der Waals surface area contributed by atoms with Crippen molar-refractivity contribution in [1.82, 2.24) is 4.98 Å². The average molecular weight is 268 g/mol. The summed E-state index contributed by atoms with van der Waals surface area (Å²) in [6.45, 7) is 3.84. The normalized spacial score (nSPS) is 11.8. The fourth-order valence-corrected chi connectivity index (χ4v) is 2.61. The van der Waals surface area contributed by atoms with Gasteiger partial charge in [-0.1, -0.05) is 0 Å². The van der Waals surface area contributed by atoms with Crippen molar-refractivity contribution >= 4 is 11.3 Å². The number of benzene rings is 1. The SMILES string of the molecule is CC(C)(N)Cc1nc(-c2ccc(F)c(F)c2)cs1. The molecule has 0 radical (unpaired) electrons. The first-order valence-electron chi connectivity index (χ1n) is 5.54. The molecule has 0 bridgehead atoms. The number of nitrogens with two attached hydrogens (primary N) is 1. The number of thiazole rings is 1. The molecule has 1 aromatic carbocycles. The van der Waals surface area contributed by atoms with Gasteiger partial charge in [-0.25, -0.2) is 13.8 Å². The monoisotopic (exact) mass is 268 g/mol. The van der Waals surface area contributed by atoms with Gasteiger partial charge >= 0.3 is 0 Å². The summed E-state index contributed by atoms with van der Waals surface area (Å²) in [6.07, 6.45) is 0.654. The maximum Gasteiger partial charge on any atom is 0.159 e. The molecule has 1 aromatic heterocycles. The van der Waals surface area contributed by atoms with Crippen LogP contribution in [0.3, 0.4) is 0 Å². The van der Waals surface area contributed by atoms with Crippen LogP contribution >= 0.6 is 11.3 Å². The summed E-state index contributed by atoms with van der Waals surface area (Å²) in [5.74, 6) is -1.71. The molecular formula is C13H14F2N2S. The summed E-state index contributed by atoms with van der Waals surface area (Å²) < 4.78 is 26.0. The third-order valence-corrected chi connectivity index (χ3v) is 3.22. The highest BCUT2D eigenvalue weighted by molar-refractivity contribution is 7.09. The van der Waals surface area contributed by atoms with Gasteiger partial charge in [-0.2, -0.15) is 0 Å². The number of nitrogens with zero attached hydrogens (tertiary/aromatic N) is 1. The predicted octanol–water partition coefficient (Wildman–Crippen LogP) is 3.37. The Bertz CT molecular complexity index is 558. The molecule has 0 aliphatic carbocycles. The van der Waals surface area contributed by atoms with Crippen molar-refractivity contribution in [1.29, 1.82) is 0 Å². The summed E-state index contributed by atoms with van der Waals surface area (Å²) in [6, 6.07) is 3.78. The molecule has 96 valence electrons. The molecule has 1 heterocycles. The number of aromatic nitrogens is 1. The van der Waals surface area contributed by atoms with E-state index in [1.54, 1.807) is 0 Å². The minimum Gasteiger partial charge on any atom is -0.325 e. The van der Waals surface area contributed by atoms with E-state index in [-0.39, 0.29) is 5.54 Å². The Kier molecular flexibility index (Phi) is 3.45. The highest BCUT2D eigenvalue weighted by atomic mass is 32.1. The maximum atomic E-state index is 13.1. The molecule has 2 rings (SSSR count). The van der Waals surface area contributed by atoms with Crippen LogP contribution in [0.5, 0.6) is 0 Å². The van der Waals surface area contributed by atoms with E-state index in [4.69, 9.17) is 5.73 Å². The first-order chi connectivity index (χ1) is 8.35. The van der Waals surface area contributed by atoms with E-state index >= 15 is 0 Å². The van der Waals surface area contributed by atoms with Crippen LogP contribution in [0.2, 0.25) is 0 Å². The molecule has 0 spiro atoms. The van der Waals surface area contributed by atoms with Crippen molar-refractivity contribution < 1.29 is 8.78 Å². The number of hydrogen-bond donors (Lipinski definition) is 1. The highest BCUT2D eigenvalue weighted by Crippen LogP contribution is 2.25. The van der Waals surface area contributed by atoms with E-state index in [1.165, 1.54) is 17.4 Å². The number of halogens is 2. The van der Waals surface area contributed by atoms with E-state index in [2.05, 4.69) is 4.98 Å². The van der Waals surface area contributed by atoms with Crippen LogP contribution in [-0.2, 0) is 6.42 Å². The van der Waals surface area contributed by atoms with Crippen LogP contribution in [0, 0.1) is 11.6 Å². The molecule has 0 saturated carbocycles. The molecular weight excluding hydrogens is 254 g/mol. The molecule has 0 amide bonds. The van der Waals surface area contributed by atoms with Gasteiger partial charge < -0.3 is 5.73 Å². The van der Waals surface area contributed by atoms with Crippen LogP contribution in [0.15, 0.2) is 23.6 Å². The topological polar surface area (TPSA) is 38.9 Å². The van der Waals surface area contributed by atoms with Gasteiger partial charge in [0, 0.05) is 22.9 Å². The molecule has 2 nitrogen and oxygen atoms in total. The fourth-order valence-electron chi connectivity index (χ4n) is 1.57. The quantitative estimate of drug-likeness (QED) is 0.927. The van der Waals surface area contributed by atoms with Crippen molar-refractivity contribution in [3.8, 4) is 11.3 Å². The van der Waals surface area contributed by atoms with E-state index in [1.807, 2.05) is 19.2 Å². The second-order valence-corrected chi connectivity index (χ2v) is 5.86. The summed E-state index contributed by atoms with van der Waals surface area (Å²) in [4.78, 5) is 4.39. The van der Waals surface area contributed by atoms with Crippen LogP contribution in [0.4, 0.5) is 8.78 Å². The molecule has 0 atom stereocenters. The molecule has 2 aromatic rings. The lowest BCUT2D eigenvalue weighted by Gasteiger charge is -2.15. The van der Waals surface area contributed by atoms with Gasteiger partial charge in [0.05, 0.1) is 10.7 Å². The largest absolute Gasteiger partial charge is 0.325 e. The second-order valence-electron chi connectivity index (χ2n) is 4.92. The van der Waals surface area contributed by atoms with Gasteiger partial charge in [0.1, 0.15) is 0 Å². The Morgan fingerprint density at radius 1 is 1.28 bits per heavy atom. The zero-order valence-electron chi connectivity index (χ0n) is 10.2. The Morgan fingerprint density at radius 3 is 2.61 bits per heavy atom. The third-order valence-electron chi connectivity index (χ3n) is 2.37. The van der Waals surface area contributed by atoms with Gasteiger partial charge in [0.2, 0.25) is 0 Å². The summed E-state index contributed by atoms with van der Waals surface area (Å²) in [5.41, 5.74) is 6.81. The molecule has 2 N–H and O–H groups in total. The van der Waals surface area contributed by atoms with Gasteiger partial charge in [-0.15, -0.1) is 11.3 Å². The maximum absolute atomic E-state index is 13.1. The average Bonchev–Trinajstić information content (AvgIpc) is 2.68. The molecule has 5 heteroatoms. The van der Waals surface area contributed by atoms with E-state index in [0.717, 1.165) is 17.1 Å². The van der Waals surface area contributed by atoms with Crippen molar-refractivity contribution in [3.05, 3.63) is 40.2 Å². The summed E-state index contributed by atoms with van der Waals surface area (Å²) >= 11 is 1.47. The van der Waals surface area contributed by atoms with Gasteiger partial charge in [0.15, 0.2) is 11.6 Å². The Hall–Kier alpha value is -1.33. The number of rotatable bonds is 3. The van der Waals surface area contributed by atoms with Crippen LogP contribution in [-0.4, -0.2) is 10.5 Å². The van der Waals surface area contributed by atoms with Crippen molar-refractivity contribution in [2.75, 3.05) is 0 Å². The minimum absolute atomic E-state index is 0.330. The molecule has 18 heavy (non-hydrogen) atoms. The summed E-state index contributed by atoms with van der Waals surface area (Å²) in [7, 11) is 0. The first kappa shape index (κ1) is 13.1. The van der Waals surface area contributed by atoms with E-state index in [0.29, 0.717) is 17.7 Å². The Labute approximate surface area is 108 Å². The highest BCUT2D eigenvalue weighted by Gasteiger charge is 2.15. The molecule has 0 aliphatic heterocycles. The van der Waals surface area contributed by atoms with Crippen molar-refractivity contribution in [2.45, 2.75) is 25.8 Å². The minimum atomic E-state index is -0.860.